The Morgan fingerprint density at radius 3 is 2.15 bits per heavy atom. The first-order chi connectivity index (χ1) is 9.49. The molecule has 0 saturated carbocycles. The van der Waals surface area contributed by atoms with Gasteiger partial charge in [0.05, 0.1) is 19.8 Å². The Hall–Kier alpha value is -1.26. The molecule has 1 rings (SSSR count). The van der Waals surface area contributed by atoms with Gasteiger partial charge in [-0.1, -0.05) is 13.8 Å². The van der Waals surface area contributed by atoms with Gasteiger partial charge in [0.15, 0.2) is 11.5 Å². The number of methoxy groups -OCH3 is 2. The first-order valence-corrected chi connectivity index (χ1v) is 7.14. The average Bonchev–Trinajstić information content (AvgIpc) is 2.48. The number of benzene rings is 1. The number of nitrogens with one attached hydrogen (secondary N) is 1. The zero-order valence-corrected chi connectivity index (χ0v) is 13.2. The number of rotatable bonds is 8. The van der Waals surface area contributed by atoms with Gasteiger partial charge in [-0.15, -0.1) is 0 Å². The summed E-state index contributed by atoms with van der Waals surface area (Å²) in [7, 11) is 3.27. The van der Waals surface area contributed by atoms with E-state index in [9.17, 15) is 5.11 Å². The van der Waals surface area contributed by atoms with E-state index in [1.165, 1.54) is 0 Å². The highest BCUT2D eigenvalue weighted by Crippen LogP contribution is 2.30. The second kappa shape index (κ2) is 7.50. The van der Waals surface area contributed by atoms with Crippen LogP contribution in [0, 0.1) is 6.92 Å². The third-order valence-electron chi connectivity index (χ3n) is 3.93. The Bertz CT molecular complexity index is 428. The summed E-state index contributed by atoms with van der Waals surface area (Å²) in [6, 6.07) is 3.96. The number of hydrogen-bond acceptors (Lipinski definition) is 4. The molecule has 20 heavy (non-hydrogen) atoms. The van der Waals surface area contributed by atoms with E-state index >= 15 is 0 Å². The van der Waals surface area contributed by atoms with Gasteiger partial charge in [-0.3, -0.25) is 0 Å². The maximum atomic E-state index is 10.3. The van der Waals surface area contributed by atoms with Crippen LogP contribution in [0.5, 0.6) is 11.5 Å². The second-order valence-electron chi connectivity index (χ2n) is 5.17. The Morgan fingerprint density at radius 2 is 1.65 bits per heavy atom. The molecule has 0 aliphatic carbocycles. The van der Waals surface area contributed by atoms with Crippen molar-refractivity contribution in [3.05, 3.63) is 23.3 Å². The number of ether oxygens (including phenoxy) is 2. The molecule has 0 saturated heterocycles. The van der Waals surface area contributed by atoms with Crippen molar-refractivity contribution >= 4 is 0 Å². The van der Waals surface area contributed by atoms with Gasteiger partial charge in [-0.05, 0) is 43.0 Å². The van der Waals surface area contributed by atoms with Crippen molar-refractivity contribution in [2.45, 2.75) is 45.8 Å². The van der Waals surface area contributed by atoms with E-state index < -0.39 is 5.60 Å². The largest absolute Gasteiger partial charge is 0.493 e. The van der Waals surface area contributed by atoms with Crippen molar-refractivity contribution < 1.29 is 14.6 Å². The molecular formula is C16H27NO3. The fourth-order valence-electron chi connectivity index (χ4n) is 2.14. The van der Waals surface area contributed by atoms with Gasteiger partial charge >= 0.3 is 0 Å². The van der Waals surface area contributed by atoms with Gasteiger partial charge in [-0.25, -0.2) is 0 Å². The molecule has 0 radical (unpaired) electrons. The molecule has 0 heterocycles. The molecule has 0 aliphatic rings. The smallest absolute Gasteiger partial charge is 0.161 e. The summed E-state index contributed by atoms with van der Waals surface area (Å²) in [6.07, 6.45) is 1.50. The second-order valence-corrected chi connectivity index (χ2v) is 5.17. The Morgan fingerprint density at radius 1 is 1.10 bits per heavy atom. The molecule has 1 aromatic carbocycles. The standard InChI is InChI=1S/C16H27NO3/c1-6-16(18,7-2)11-17-10-13-9-15(20-5)14(19-4)8-12(13)3/h8-9,17-18H,6-7,10-11H2,1-5H3. The van der Waals surface area contributed by atoms with Crippen LogP contribution in [0.2, 0.25) is 0 Å². The molecule has 4 heteroatoms. The molecular weight excluding hydrogens is 254 g/mol. The summed E-state index contributed by atoms with van der Waals surface area (Å²) in [5.74, 6) is 1.48. The zero-order valence-electron chi connectivity index (χ0n) is 13.2. The SMILES string of the molecule is CCC(O)(CC)CNCc1cc(OC)c(OC)cc1C. The highest BCUT2D eigenvalue weighted by molar-refractivity contribution is 5.46. The van der Waals surface area contributed by atoms with E-state index in [1.807, 2.05) is 32.9 Å². The topological polar surface area (TPSA) is 50.7 Å². The zero-order chi connectivity index (χ0) is 15.2. The van der Waals surface area contributed by atoms with Gasteiger partial charge in [0.2, 0.25) is 0 Å². The minimum Gasteiger partial charge on any atom is -0.493 e. The molecule has 4 nitrogen and oxygen atoms in total. The Balaban J connectivity index is 2.73. The summed E-state index contributed by atoms with van der Waals surface area (Å²) in [4.78, 5) is 0. The summed E-state index contributed by atoms with van der Waals surface area (Å²) in [5, 5.41) is 13.6. The lowest BCUT2D eigenvalue weighted by Crippen LogP contribution is -2.39. The highest BCUT2D eigenvalue weighted by atomic mass is 16.5. The average molecular weight is 281 g/mol. The van der Waals surface area contributed by atoms with Crippen molar-refractivity contribution in [3.63, 3.8) is 0 Å². The monoisotopic (exact) mass is 281 g/mol. The number of aliphatic hydroxyl groups is 1. The van der Waals surface area contributed by atoms with E-state index in [-0.39, 0.29) is 0 Å². The van der Waals surface area contributed by atoms with Crippen LogP contribution in [0.25, 0.3) is 0 Å². The predicted molar refractivity (Wildman–Crippen MR) is 81.5 cm³/mol. The van der Waals surface area contributed by atoms with Crippen LogP contribution in [0.1, 0.15) is 37.8 Å². The van der Waals surface area contributed by atoms with Crippen LogP contribution in [0.4, 0.5) is 0 Å². The van der Waals surface area contributed by atoms with Crippen molar-refractivity contribution in [2.75, 3.05) is 20.8 Å². The van der Waals surface area contributed by atoms with Crippen molar-refractivity contribution in [1.29, 1.82) is 0 Å². The molecule has 114 valence electrons. The van der Waals surface area contributed by atoms with E-state index in [0.717, 1.165) is 35.5 Å². The molecule has 2 N–H and O–H groups in total. The fraction of sp³-hybridized carbons (Fsp3) is 0.625. The fourth-order valence-corrected chi connectivity index (χ4v) is 2.14. The van der Waals surface area contributed by atoms with E-state index in [1.54, 1.807) is 14.2 Å². The summed E-state index contributed by atoms with van der Waals surface area (Å²) < 4.78 is 10.6. The highest BCUT2D eigenvalue weighted by Gasteiger charge is 2.21. The van der Waals surface area contributed by atoms with Gasteiger partial charge in [0.25, 0.3) is 0 Å². The first-order valence-electron chi connectivity index (χ1n) is 7.14. The number of hydrogen-bond donors (Lipinski definition) is 2. The predicted octanol–water partition coefficient (Wildman–Crippen LogP) is 2.65. The van der Waals surface area contributed by atoms with Crippen LogP contribution >= 0.6 is 0 Å². The summed E-state index contributed by atoms with van der Waals surface area (Å²) >= 11 is 0. The van der Waals surface area contributed by atoms with E-state index in [0.29, 0.717) is 13.1 Å². The number of aryl methyl sites for hydroxylation is 1. The molecule has 0 amide bonds. The maximum Gasteiger partial charge on any atom is 0.161 e. The molecule has 0 atom stereocenters. The van der Waals surface area contributed by atoms with Crippen molar-refractivity contribution in [3.8, 4) is 11.5 Å². The van der Waals surface area contributed by atoms with Gasteiger partial charge in [-0.2, -0.15) is 0 Å². The summed E-state index contributed by atoms with van der Waals surface area (Å²) in [5.41, 5.74) is 1.67. The summed E-state index contributed by atoms with van der Waals surface area (Å²) in [6.45, 7) is 7.35. The lowest BCUT2D eigenvalue weighted by atomic mass is 9.97. The quantitative estimate of drug-likeness (QED) is 0.769. The van der Waals surface area contributed by atoms with Crippen molar-refractivity contribution in [1.82, 2.24) is 5.32 Å². The Labute approximate surface area is 122 Å². The van der Waals surface area contributed by atoms with E-state index in [2.05, 4.69) is 5.32 Å². The van der Waals surface area contributed by atoms with Crippen LogP contribution in [-0.4, -0.2) is 31.5 Å². The lowest BCUT2D eigenvalue weighted by molar-refractivity contribution is 0.0323. The van der Waals surface area contributed by atoms with Gasteiger partial charge < -0.3 is 19.9 Å². The van der Waals surface area contributed by atoms with Crippen LogP contribution in [0.15, 0.2) is 12.1 Å². The minimum atomic E-state index is -0.621. The molecule has 1 aromatic rings. The molecule has 0 aromatic heterocycles. The minimum absolute atomic E-state index is 0.591. The molecule has 0 unspecified atom stereocenters. The van der Waals surface area contributed by atoms with Crippen LogP contribution < -0.4 is 14.8 Å². The molecule has 0 fully saturated rings. The third kappa shape index (κ3) is 4.12. The lowest BCUT2D eigenvalue weighted by Gasteiger charge is -2.25. The molecule has 0 bridgehead atoms. The normalized spacial score (nSPS) is 11.5. The Kier molecular flexibility index (Phi) is 6.30. The first kappa shape index (κ1) is 16.8. The third-order valence-corrected chi connectivity index (χ3v) is 3.93. The van der Waals surface area contributed by atoms with Crippen molar-refractivity contribution in [2.24, 2.45) is 0 Å². The van der Waals surface area contributed by atoms with Gasteiger partial charge in [0, 0.05) is 13.1 Å². The molecule has 0 spiro atoms. The molecule has 0 aliphatic heterocycles. The van der Waals surface area contributed by atoms with Gasteiger partial charge in [0.1, 0.15) is 0 Å². The van der Waals surface area contributed by atoms with Crippen LogP contribution in [-0.2, 0) is 6.54 Å². The maximum absolute atomic E-state index is 10.3. The van der Waals surface area contributed by atoms with E-state index in [4.69, 9.17) is 9.47 Å². The van der Waals surface area contributed by atoms with Crippen LogP contribution in [0.3, 0.4) is 0 Å².